The Balaban J connectivity index is 2.77. The molecule has 3 nitrogen and oxygen atoms in total. The van der Waals surface area contributed by atoms with E-state index in [1.807, 2.05) is 0 Å². The van der Waals surface area contributed by atoms with Crippen LogP contribution in [0, 0.1) is 0 Å². The molecule has 0 amide bonds. The first-order chi connectivity index (χ1) is 7.09. The number of rotatable bonds is 1. The van der Waals surface area contributed by atoms with Crippen molar-refractivity contribution in [3.63, 3.8) is 0 Å². The monoisotopic (exact) mass is 260 g/mol. The van der Waals surface area contributed by atoms with Crippen molar-refractivity contribution in [3.8, 4) is 0 Å². The van der Waals surface area contributed by atoms with Gasteiger partial charge in [0.15, 0.2) is 0 Å². The smallest absolute Gasteiger partial charge is 0.211 e. The molecule has 0 radical (unpaired) electrons. The highest BCUT2D eigenvalue weighted by molar-refractivity contribution is 7.89. The molecule has 0 aliphatic rings. The molecular weight excluding hydrogens is 255 g/mol. The molecule has 0 saturated heterocycles. The van der Waals surface area contributed by atoms with Crippen molar-refractivity contribution >= 4 is 45.5 Å². The maximum Gasteiger partial charge on any atom is 0.211 e. The van der Waals surface area contributed by atoms with Crippen LogP contribution in [0.4, 0.5) is 0 Å². The molecule has 2 N–H and O–H groups in total. The average molecular weight is 261 g/mol. The lowest BCUT2D eigenvalue weighted by Gasteiger charge is -2.06. The number of pyridine rings is 1. The van der Waals surface area contributed by atoms with Crippen LogP contribution >= 0.6 is 23.2 Å². The van der Waals surface area contributed by atoms with Crippen LogP contribution in [0.3, 0.4) is 0 Å². The molecule has 6 heteroatoms. The van der Waals surface area contributed by atoms with Gasteiger partial charge < -0.3 is 4.55 Å². The molecule has 0 fully saturated rings. The molecular formula is C9H6Cl2N2OS. The fraction of sp³-hybridized carbons (Fsp3) is 0. The van der Waals surface area contributed by atoms with E-state index in [-0.39, 0.29) is 0 Å². The number of aromatic nitrogens is 1. The lowest BCUT2D eigenvalue weighted by atomic mass is 10.2. The molecule has 0 spiro atoms. The minimum Gasteiger partial charge on any atom is -0.593 e. The maximum absolute atomic E-state index is 11.1. The lowest BCUT2D eigenvalue weighted by Crippen LogP contribution is -2.13. The zero-order valence-corrected chi connectivity index (χ0v) is 9.73. The number of hydrogen-bond acceptors (Lipinski definition) is 3. The third-order valence-electron chi connectivity index (χ3n) is 1.95. The van der Waals surface area contributed by atoms with Crippen molar-refractivity contribution < 1.29 is 4.55 Å². The van der Waals surface area contributed by atoms with E-state index in [0.717, 1.165) is 0 Å². The van der Waals surface area contributed by atoms with E-state index in [0.29, 0.717) is 25.8 Å². The van der Waals surface area contributed by atoms with Crippen molar-refractivity contribution in [2.75, 3.05) is 0 Å². The van der Waals surface area contributed by atoms with Gasteiger partial charge in [-0.25, -0.2) is 0 Å². The summed E-state index contributed by atoms with van der Waals surface area (Å²) in [6.45, 7) is 0. The molecule has 2 rings (SSSR count). The van der Waals surface area contributed by atoms with Crippen LogP contribution in [-0.4, -0.2) is 9.54 Å². The average Bonchev–Trinajstić information content (AvgIpc) is 2.19. The van der Waals surface area contributed by atoms with Crippen LogP contribution in [0.25, 0.3) is 10.9 Å². The van der Waals surface area contributed by atoms with Gasteiger partial charge in [-0.2, -0.15) is 0 Å². The van der Waals surface area contributed by atoms with E-state index in [9.17, 15) is 4.55 Å². The predicted octanol–water partition coefficient (Wildman–Crippen LogP) is 2.52. The van der Waals surface area contributed by atoms with Crippen molar-refractivity contribution in [3.05, 3.63) is 34.4 Å². The van der Waals surface area contributed by atoms with Crippen molar-refractivity contribution in [1.82, 2.24) is 4.98 Å². The van der Waals surface area contributed by atoms with Crippen molar-refractivity contribution in [2.45, 2.75) is 4.90 Å². The van der Waals surface area contributed by atoms with Crippen LogP contribution in [0.15, 0.2) is 29.3 Å². The Bertz CT molecular complexity index is 519. The van der Waals surface area contributed by atoms with Gasteiger partial charge in [0.05, 0.1) is 23.1 Å². The maximum atomic E-state index is 11.1. The summed E-state index contributed by atoms with van der Waals surface area (Å²) in [5, 5.41) is 6.80. The van der Waals surface area contributed by atoms with Gasteiger partial charge >= 0.3 is 0 Å². The topological polar surface area (TPSA) is 62.0 Å². The van der Waals surface area contributed by atoms with Gasteiger partial charge in [-0.1, -0.05) is 23.2 Å². The SMILES string of the molecule is N[S+]([O-])c1cnc2ccc(Cl)cc2c1Cl. The molecule has 1 aromatic heterocycles. The predicted molar refractivity (Wildman–Crippen MR) is 62.4 cm³/mol. The van der Waals surface area contributed by atoms with Crippen LogP contribution in [0.2, 0.25) is 10.0 Å². The summed E-state index contributed by atoms with van der Waals surface area (Å²) < 4.78 is 11.1. The van der Waals surface area contributed by atoms with Crippen LogP contribution in [0.5, 0.6) is 0 Å². The standard InChI is InChI=1S/C9H6Cl2N2OS/c10-5-1-2-7-6(3-5)9(11)8(4-13-7)15(12)14/h1-4H,12H2. The molecule has 0 bridgehead atoms. The summed E-state index contributed by atoms with van der Waals surface area (Å²) >= 11 is 10.2. The Hall–Kier alpha value is -0.520. The van der Waals surface area contributed by atoms with Gasteiger partial charge in [-0.3, -0.25) is 4.98 Å². The van der Waals surface area contributed by atoms with E-state index < -0.39 is 11.4 Å². The second kappa shape index (κ2) is 4.15. The molecule has 2 aromatic rings. The van der Waals surface area contributed by atoms with E-state index in [1.54, 1.807) is 18.2 Å². The Labute approximate surface area is 99.5 Å². The van der Waals surface area contributed by atoms with Gasteiger partial charge in [0.25, 0.3) is 0 Å². The minimum absolute atomic E-state index is 0.312. The number of benzene rings is 1. The summed E-state index contributed by atoms with van der Waals surface area (Å²) in [6.07, 6.45) is 1.41. The van der Waals surface area contributed by atoms with Crippen molar-refractivity contribution in [1.29, 1.82) is 0 Å². The first kappa shape index (κ1) is 11.0. The van der Waals surface area contributed by atoms with E-state index in [2.05, 4.69) is 4.98 Å². The summed E-state index contributed by atoms with van der Waals surface area (Å²) in [7, 11) is 0. The quantitative estimate of drug-likeness (QED) is 0.802. The number of hydrogen-bond donors (Lipinski definition) is 1. The van der Waals surface area contributed by atoms with E-state index >= 15 is 0 Å². The van der Waals surface area contributed by atoms with Crippen LogP contribution in [0.1, 0.15) is 0 Å². The zero-order chi connectivity index (χ0) is 11.0. The van der Waals surface area contributed by atoms with Crippen molar-refractivity contribution in [2.24, 2.45) is 5.14 Å². The molecule has 78 valence electrons. The number of nitrogens with zero attached hydrogens (tertiary/aromatic N) is 1. The van der Waals surface area contributed by atoms with Crippen LogP contribution < -0.4 is 5.14 Å². The fourth-order valence-electron chi connectivity index (χ4n) is 1.25. The van der Waals surface area contributed by atoms with Gasteiger partial charge in [-0.15, -0.1) is 5.14 Å². The fourth-order valence-corrected chi connectivity index (χ4v) is 2.30. The summed E-state index contributed by atoms with van der Waals surface area (Å²) in [6, 6.07) is 5.13. The van der Waals surface area contributed by atoms with Crippen LogP contribution in [-0.2, 0) is 11.4 Å². The molecule has 1 unspecified atom stereocenters. The number of halogens is 2. The Morgan fingerprint density at radius 1 is 1.33 bits per heavy atom. The molecule has 0 saturated carbocycles. The highest BCUT2D eigenvalue weighted by Gasteiger charge is 2.15. The third kappa shape index (κ3) is 2.04. The molecule has 1 aromatic carbocycles. The minimum atomic E-state index is -1.64. The largest absolute Gasteiger partial charge is 0.593 e. The molecule has 15 heavy (non-hydrogen) atoms. The van der Waals surface area contributed by atoms with Gasteiger partial charge in [0.1, 0.15) is 5.02 Å². The van der Waals surface area contributed by atoms with E-state index in [4.69, 9.17) is 28.3 Å². The first-order valence-electron chi connectivity index (χ1n) is 3.99. The molecule has 0 aliphatic heterocycles. The molecule has 1 heterocycles. The highest BCUT2D eigenvalue weighted by atomic mass is 35.5. The van der Waals surface area contributed by atoms with Gasteiger partial charge in [0, 0.05) is 10.4 Å². The number of nitrogens with two attached hydrogens (primary N) is 1. The zero-order valence-electron chi connectivity index (χ0n) is 7.41. The third-order valence-corrected chi connectivity index (χ3v) is 3.45. The summed E-state index contributed by atoms with van der Waals surface area (Å²) in [5.74, 6) is 0. The Kier molecular flexibility index (Phi) is 3.04. The molecule has 0 aliphatic carbocycles. The van der Waals surface area contributed by atoms with Gasteiger partial charge in [0.2, 0.25) is 4.90 Å². The summed E-state index contributed by atoms with van der Waals surface area (Å²) in [4.78, 5) is 4.40. The normalized spacial score (nSPS) is 13.1. The first-order valence-corrected chi connectivity index (χ1v) is 5.96. The highest BCUT2D eigenvalue weighted by Crippen LogP contribution is 2.29. The van der Waals surface area contributed by atoms with Gasteiger partial charge in [-0.05, 0) is 18.2 Å². The Morgan fingerprint density at radius 3 is 2.73 bits per heavy atom. The second-order valence-electron chi connectivity index (χ2n) is 2.90. The lowest BCUT2D eigenvalue weighted by molar-refractivity contribution is 0.596. The number of fused-ring (bicyclic) bond motifs is 1. The molecule has 1 atom stereocenters. The van der Waals surface area contributed by atoms with E-state index in [1.165, 1.54) is 6.20 Å². The Morgan fingerprint density at radius 2 is 2.07 bits per heavy atom. The summed E-state index contributed by atoms with van der Waals surface area (Å²) in [5.41, 5.74) is 0.693. The second-order valence-corrected chi connectivity index (χ2v) is 4.74.